The number of ether oxygens (including phenoxy) is 3. The number of hydrogen-bond donors (Lipinski definition) is 6. The first kappa shape index (κ1) is 34.0. The SMILES string of the molecule is CC(C)O.COc1cccc2c1C(=O)c1c(O)c3c(c(O)c1C2=O)CC(O)(C(C)=O)CC3OC1CC(NC(C)=O)C(O)C(C)O1. The number of aromatic hydroxyl groups is 2. The van der Waals surface area contributed by atoms with Gasteiger partial charge in [-0.2, -0.15) is 0 Å². The molecule has 13 nitrogen and oxygen atoms in total. The van der Waals surface area contributed by atoms with Gasteiger partial charge in [-0.25, -0.2) is 0 Å². The van der Waals surface area contributed by atoms with Crippen LogP contribution in [0.15, 0.2) is 18.2 Å². The van der Waals surface area contributed by atoms with Gasteiger partial charge < -0.3 is 45.1 Å². The van der Waals surface area contributed by atoms with E-state index in [4.69, 9.17) is 19.3 Å². The third-order valence-electron chi connectivity index (χ3n) is 8.14. The first-order valence-electron chi connectivity index (χ1n) is 14.6. The number of phenols is 2. The molecular weight excluding hydrogens is 590 g/mol. The van der Waals surface area contributed by atoms with Crippen LogP contribution >= 0.6 is 0 Å². The number of phenolic OH excluding ortho intramolecular Hbond substituents is 2. The number of rotatable bonds is 5. The van der Waals surface area contributed by atoms with Crippen molar-refractivity contribution >= 4 is 23.3 Å². The van der Waals surface area contributed by atoms with E-state index in [9.17, 15) is 39.6 Å². The average molecular weight is 630 g/mol. The Morgan fingerprint density at radius 3 is 2.27 bits per heavy atom. The summed E-state index contributed by atoms with van der Waals surface area (Å²) in [6, 6.07) is 3.66. The highest BCUT2D eigenvalue weighted by Gasteiger charge is 2.49. The zero-order valence-electron chi connectivity index (χ0n) is 25.9. The molecular formula is C32H39NO12. The molecule has 0 radical (unpaired) electrons. The monoisotopic (exact) mass is 629 g/mol. The minimum Gasteiger partial charge on any atom is -0.507 e. The van der Waals surface area contributed by atoms with E-state index in [1.54, 1.807) is 20.8 Å². The smallest absolute Gasteiger partial charge is 0.217 e. The third kappa shape index (κ3) is 6.31. The van der Waals surface area contributed by atoms with E-state index in [0.717, 1.165) is 6.92 Å². The Bertz CT molecular complexity index is 1530. The lowest BCUT2D eigenvalue weighted by Crippen LogP contribution is -2.55. The molecule has 244 valence electrons. The minimum atomic E-state index is -2.05. The van der Waals surface area contributed by atoms with E-state index < -0.39 is 82.6 Å². The van der Waals surface area contributed by atoms with Gasteiger partial charge in [0.25, 0.3) is 0 Å². The fraction of sp³-hybridized carbons (Fsp3) is 0.500. The molecule has 1 saturated heterocycles. The van der Waals surface area contributed by atoms with Gasteiger partial charge in [-0.15, -0.1) is 0 Å². The maximum absolute atomic E-state index is 13.7. The summed E-state index contributed by atoms with van der Waals surface area (Å²) in [7, 11) is 1.33. The number of methoxy groups -OCH3 is 1. The van der Waals surface area contributed by atoms with E-state index >= 15 is 0 Å². The topological polar surface area (TPSA) is 209 Å². The number of fused-ring (bicyclic) bond motifs is 3. The number of hydrogen-bond acceptors (Lipinski definition) is 12. The predicted octanol–water partition coefficient (Wildman–Crippen LogP) is 1.59. The van der Waals surface area contributed by atoms with Crippen LogP contribution in [0, 0.1) is 0 Å². The predicted molar refractivity (Wildman–Crippen MR) is 157 cm³/mol. The molecule has 1 heterocycles. The molecule has 45 heavy (non-hydrogen) atoms. The van der Waals surface area contributed by atoms with Crippen molar-refractivity contribution in [2.75, 3.05) is 7.11 Å². The molecule has 6 N–H and O–H groups in total. The highest BCUT2D eigenvalue weighted by atomic mass is 16.7. The minimum absolute atomic E-state index is 0.0188. The fourth-order valence-electron chi connectivity index (χ4n) is 6.03. The normalized spacial score (nSPS) is 27.0. The Balaban J connectivity index is 0.00000109. The van der Waals surface area contributed by atoms with E-state index in [0.29, 0.717) is 0 Å². The van der Waals surface area contributed by atoms with Gasteiger partial charge in [0.05, 0.1) is 42.0 Å². The van der Waals surface area contributed by atoms with Crippen LogP contribution in [0.3, 0.4) is 0 Å². The summed E-state index contributed by atoms with van der Waals surface area (Å²) in [6.07, 6.45) is -5.22. The molecule has 2 aliphatic carbocycles. The Morgan fingerprint density at radius 1 is 1.07 bits per heavy atom. The van der Waals surface area contributed by atoms with Crippen LogP contribution in [0.4, 0.5) is 0 Å². The summed E-state index contributed by atoms with van der Waals surface area (Å²) in [5.41, 5.74) is -3.25. The molecule has 0 aromatic heterocycles. The zero-order chi connectivity index (χ0) is 33.5. The van der Waals surface area contributed by atoms with Crippen LogP contribution < -0.4 is 10.1 Å². The Labute approximate surface area is 259 Å². The summed E-state index contributed by atoms with van der Waals surface area (Å²) in [5, 5.41) is 55.4. The van der Waals surface area contributed by atoms with Crippen LogP contribution in [0.2, 0.25) is 0 Å². The molecule has 6 unspecified atom stereocenters. The van der Waals surface area contributed by atoms with Crippen molar-refractivity contribution in [2.45, 2.75) is 96.2 Å². The van der Waals surface area contributed by atoms with Crippen LogP contribution in [0.1, 0.15) is 96.5 Å². The van der Waals surface area contributed by atoms with Gasteiger partial charge in [0, 0.05) is 49.0 Å². The molecule has 1 fully saturated rings. The first-order valence-corrected chi connectivity index (χ1v) is 14.6. The number of Topliss-reactive ketones (excluding diaryl/α,β-unsaturated/α-hetero) is 1. The molecule has 2 aromatic rings. The maximum atomic E-state index is 13.7. The second-order valence-electron chi connectivity index (χ2n) is 11.9. The fourth-order valence-corrected chi connectivity index (χ4v) is 6.03. The molecule has 2 aromatic carbocycles. The molecule has 5 rings (SSSR count). The van der Waals surface area contributed by atoms with Crippen LogP contribution in [0.25, 0.3) is 0 Å². The highest BCUT2D eigenvalue weighted by molar-refractivity contribution is 6.31. The van der Waals surface area contributed by atoms with Crippen molar-refractivity contribution in [3.63, 3.8) is 0 Å². The van der Waals surface area contributed by atoms with Crippen molar-refractivity contribution in [1.29, 1.82) is 0 Å². The number of amides is 1. The Morgan fingerprint density at radius 2 is 1.69 bits per heavy atom. The van der Waals surface area contributed by atoms with Crippen LogP contribution in [0.5, 0.6) is 17.2 Å². The Kier molecular flexibility index (Phi) is 9.71. The number of benzene rings is 2. The van der Waals surface area contributed by atoms with Gasteiger partial charge >= 0.3 is 0 Å². The third-order valence-corrected chi connectivity index (χ3v) is 8.14. The number of aliphatic hydroxyl groups excluding tert-OH is 2. The first-order chi connectivity index (χ1) is 21.0. The largest absolute Gasteiger partial charge is 0.507 e. The van der Waals surface area contributed by atoms with Crippen molar-refractivity contribution in [1.82, 2.24) is 5.32 Å². The van der Waals surface area contributed by atoms with Gasteiger partial charge in [-0.3, -0.25) is 19.2 Å². The molecule has 1 aliphatic heterocycles. The lowest BCUT2D eigenvalue weighted by molar-refractivity contribution is -0.249. The number of nitrogens with one attached hydrogen (secondary N) is 1. The van der Waals surface area contributed by atoms with Gasteiger partial charge in [0.15, 0.2) is 17.9 Å². The van der Waals surface area contributed by atoms with E-state index in [2.05, 4.69) is 5.32 Å². The summed E-state index contributed by atoms with van der Waals surface area (Å²) in [5.74, 6) is -3.72. The van der Waals surface area contributed by atoms with Crippen LogP contribution in [-0.4, -0.2) is 92.1 Å². The average Bonchev–Trinajstić information content (AvgIpc) is 2.94. The summed E-state index contributed by atoms with van der Waals surface area (Å²) in [4.78, 5) is 51.5. The lowest BCUT2D eigenvalue weighted by atomic mass is 9.72. The standard InChI is InChI=1S/C29H31NO11.C3H8O/c1-11-24(33)16(30-13(3)32)8-19(40-11)41-18-10-29(38,12(2)31)9-15-21(18)28(37)23-22(26(15)35)25(34)14-6-5-7-17(39-4)20(14)27(23)36;1-3(2)4/h5-7,11,16,18-19,24,33,35,37-38H,8-10H2,1-4H3,(H,30,32);3-4H,1-2H3. The van der Waals surface area contributed by atoms with Gasteiger partial charge in [0.2, 0.25) is 11.7 Å². The molecule has 3 aliphatic rings. The van der Waals surface area contributed by atoms with E-state index in [1.807, 2.05) is 0 Å². The van der Waals surface area contributed by atoms with Crippen molar-refractivity contribution < 1.29 is 58.9 Å². The van der Waals surface area contributed by atoms with E-state index in [-0.39, 0.29) is 52.9 Å². The molecule has 6 atom stereocenters. The summed E-state index contributed by atoms with van der Waals surface area (Å²) in [6.45, 7) is 7.48. The van der Waals surface area contributed by atoms with Crippen molar-refractivity contribution in [2.24, 2.45) is 0 Å². The summed E-state index contributed by atoms with van der Waals surface area (Å²) >= 11 is 0. The number of carbonyl (C=O) groups excluding carboxylic acids is 4. The quantitative estimate of drug-likeness (QED) is 0.222. The van der Waals surface area contributed by atoms with Crippen molar-refractivity contribution in [3.05, 3.63) is 51.6 Å². The maximum Gasteiger partial charge on any atom is 0.217 e. The molecule has 1 amide bonds. The van der Waals surface area contributed by atoms with Crippen molar-refractivity contribution in [3.8, 4) is 17.2 Å². The molecule has 0 saturated carbocycles. The Hall–Kier alpha value is -3.88. The molecule has 13 heteroatoms. The lowest BCUT2D eigenvalue weighted by Gasteiger charge is -2.42. The number of ketones is 3. The highest BCUT2D eigenvalue weighted by Crippen LogP contribution is 2.52. The van der Waals surface area contributed by atoms with Crippen LogP contribution in [-0.2, 0) is 25.5 Å². The number of carbonyl (C=O) groups is 4. The van der Waals surface area contributed by atoms with Gasteiger partial charge in [-0.05, 0) is 33.8 Å². The summed E-state index contributed by atoms with van der Waals surface area (Å²) < 4.78 is 17.2. The second kappa shape index (κ2) is 12.9. The molecule has 0 spiro atoms. The number of aliphatic hydroxyl groups is 3. The molecule has 0 bridgehead atoms. The zero-order valence-corrected chi connectivity index (χ0v) is 25.9. The van der Waals surface area contributed by atoms with Gasteiger partial charge in [0.1, 0.15) is 29.0 Å². The van der Waals surface area contributed by atoms with Gasteiger partial charge in [-0.1, -0.05) is 12.1 Å². The van der Waals surface area contributed by atoms with E-state index in [1.165, 1.54) is 32.2 Å². The second-order valence-corrected chi connectivity index (χ2v) is 11.9.